The first-order valence-electron chi connectivity index (χ1n) is 9.19. The molecule has 3 rings (SSSR count). The molecule has 1 aromatic heterocycles. The average molecular weight is 413 g/mol. The predicted octanol–water partition coefficient (Wildman–Crippen LogP) is 3.67. The van der Waals surface area contributed by atoms with Crippen molar-refractivity contribution in [3.63, 3.8) is 0 Å². The summed E-state index contributed by atoms with van der Waals surface area (Å²) in [6.45, 7) is 2.45. The number of rotatable bonds is 10. The van der Waals surface area contributed by atoms with Crippen molar-refractivity contribution in [2.75, 3.05) is 7.11 Å². The Labute approximate surface area is 173 Å². The van der Waals surface area contributed by atoms with E-state index in [2.05, 4.69) is 22.3 Å². The maximum absolute atomic E-state index is 11.3. The molecule has 0 aliphatic carbocycles. The lowest BCUT2D eigenvalue weighted by Crippen LogP contribution is -2.15. The molecule has 0 aliphatic heterocycles. The number of nitrogens with zero attached hydrogens (tertiary/aromatic N) is 3. The number of methoxy groups -OCH3 is 1. The maximum atomic E-state index is 11.3. The SMILES string of the molecule is COc1ccccc1OCc1nnc(SC(C)C(=O)O)n1CCc1ccccc1. The predicted molar refractivity (Wildman–Crippen MR) is 110 cm³/mol. The van der Waals surface area contributed by atoms with Gasteiger partial charge >= 0.3 is 5.97 Å². The lowest BCUT2D eigenvalue weighted by atomic mass is 10.1. The minimum Gasteiger partial charge on any atom is -0.493 e. The second-order valence-corrected chi connectivity index (χ2v) is 7.63. The molecule has 152 valence electrons. The molecule has 1 heterocycles. The molecule has 29 heavy (non-hydrogen) atoms. The highest BCUT2D eigenvalue weighted by molar-refractivity contribution is 8.00. The molecule has 0 saturated carbocycles. The standard InChI is InChI=1S/C21H23N3O4S/c1-15(20(25)26)29-21-23-22-19(14-28-18-11-7-6-10-17(18)27-2)24(21)13-12-16-8-4-3-5-9-16/h3-11,15H,12-14H2,1-2H3,(H,25,26). The quantitative estimate of drug-likeness (QED) is 0.508. The number of hydrogen-bond acceptors (Lipinski definition) is 6. The molecule has 3 aromatic rings. The summed E-state index contributed by atoms with van der Waals surface area (Å²) < 4.78 is 13.1. The molecule has 0 spiro atoms. The van der Waals surface area contributed by atoms with Gasteiger partial charge in [0.05, 0.1) is 7.11 Å². The van der Waals surface area contributed by atoms with Crippen LogP contribution in [0.1, 0.15) is 18.3 Å². The van der Waals surface area contributed by atoms with Crippen LogP contribution >= 0.6 is 11.8 Å². The third kappa shape index (κ3) is 5.51. The van der Waals surface area contributed by atoms with Crippen LogP contribution in [0, 0.1) is 0 Å². The molecule has 8 heteroatoms. The van der Waals surface area contributed by atoms with Crippen molar-refractivity contribution < 1.29 is 19.4 Å². The minimum atomic E-state index is -0.889. The van der Waals surface area contributed by atoms with Crippen LogP contribution in [0.15, 0.2) is 59.8 Å². The average Bonchev–Trinajstić information content (AvgIpc) is 3.12. The third-order valence-electron chi connectivity index (χ3n) is 4.32. The van der Waals surface area contributed by atoms with E-state index in [1.54, 1.807) is 14.0 Å². The van der Waals surface area contributed by atoms with E-state index in [-0.39, 0.29) is 6.61 Å². The topological polar surface area (TPSA) is 86.5 Å². The Balaban J connectivity index is 1.79. The summed E-state index contributed by atoms with van der Waals surface area (Å²) in [7, 11) is 1.59. The highest BCUT2D eigenvalue weighted by atomic mass is 32.2. The van der Waals surface area contributed by atoms with Gasteiger partial charge in [-0.3, -0.25) is 4.79 Å². The van der Waals surface area contributed by atoms with Crippen LogP contribution in [0.25, 0.3) is 0 Å². The molecule has 7 nitrogen and oxygen atoms in total. The number of thioether (sulfide) groups is 1. The maximum Gasteiger partial charge on any atom is 0.316 e. The highest BCUT2D eigenvalue weighted by Gasteiger charge is 2.20. The molecule has 1 N–H and O–H groups in total. The Morgan fingerprint density at radius 1 is 1.10 bits per heavy atom. The van der Waals surface area contributed by atoms with E-state index in [1.807, 2.05) is 47.0 Å². The summed E-state index contributed by atoms with van der Waals surface area (Å²) in [6, 6.07) is 17.5. The highest BCUT2D eigenvalue weighted by Crippen LogP contribution is 2.28. The van der Waals surface area contributed by atoms with Crippen molar-refractivity contribution in [2.24, 2.45) is 0 Å². The fourth-order valence-corrected chi connectivity index (χ4v) is 3.54. The third-order valence-corrected chi connectivity index (χ3v) is 5.38. The number of carboxylic acids is 1. The molecular weight excluding hydrogens is 390 g/mol. The largest absolute Gasteiger partial charge is 0.493 e. The Hall–Kier alpha value is -3.00. The smallest absolute Gasteiger partial charge is 0.316 e. The molecule has 0 amide bonds. The van der Waals surface area contributed by atoms with Crippen molar-refractivity contribution >= 4 is 17.7 Å². The number of aryl methyl sites for hydroxylation is 1. The van der Waals surface area contributed by atoms with Gasteiger partial charge in [0.2, 0.25) is 0 Å². The van der Waals surface area contributed by atoms with Gasteiger partial charge in [-0.25, -0.2) is 0 Å². The number of para-hydroxylation sites is 2. The monoisotopic (exact) mass is 413 g/mol. The second-order valence-electron chi connectivity index (χ2n) is 6.32. The molecule has 0 bridgehead atoms. The Kier molecular flexibility index (Phi) is 7.13. The Morgan fingerprint density at radius 3 is 2.48 bits per heavy atom. The van der Waals surface area contributed by atoms with Gasteiger partial charge in [0.25, 0.3) is 0 Å². The summed E-state index contributed by atoms with van der Waals surface area (Å²) in [6.07, 6.45) is 0.773. The zero-order valence-electron chi connectivity index (χ0n) is 16.3. The Morgan fingerprint density at radius 2 is 1.79 bits per heavy atom. The van der Waals surface area contributed by atoms with Crippen LogP contribution in [-0.4, -0.2) is 38.2 Å². The van der Waals surface area contributed by atoms with Crippen molar-refractivity contribution in [2.45, 2.75) is 36.9 Å². The molecule has 0 fully saturated rings. The van der Waals surface area contributed by atoms with Gasteiger partial charge in [-0.2, -0.15) is 0 Å². The molecule has 0 saturated heterocycles. The van der Waals surface area contributed by atoms with Crippen LogP contribution in [-0.2, 0) is 24.4 Å². The van der Waals surface area contributed by atoms with E-state index < -0.39 is 11.2 Å². The number of benzene rings is 2. The first kappa shape index (κ1) is 20.7. The first-order valence-corrected chi connectivity index (χ1v) is 10.1. The number of carbonyl (C=O) groups is 1. The van der Waals surface area contributed by atoms with E-state index in [1.165, 1.54) is 17.3 Å². The van der Waals surface area contributed by atoms with Gasteiger partial charge in [-0.1, -0.05) is 54.2 Å². The lowest BCUT2D eigenvalue weighted by Gasteiger charge is -2.13. The number of aliphatic carboxylic acids is 1. The molecule has 2 aromatic carbocycles. The fraction of sp³-hybridized carbons (Fsp3) is 0.286. The number of carboxylic acid groups (broad SMARTS) is 1. The van der Waals surface area contributed by atoms with Gasteiger partial charge < -0.3 is 19.1 Å². The van der Waals surface area contributed by atoms with Crippen molar-refractivity contribution in [1.82, 2.24) is 14.8 Å². The van der Waals surface area contributed by atoms with Gasteiger partial charge in [-0.15, -0.1) is 10.2 Å². The van der Waals surface area contributed by atoms with Crippen molar-refractivity contribution in [1.29, 1.82) is 0 Å². The molecule has 1 atom stereocenters. The van der Waals surface area contributed by atoms with Gasteiger partial charge in [0, 0.05) is 6.54 Å². The van der Waals surface area contributed by atoms with Crippen molar-refractivity contribution in [3.05, 3.63) is 66.0 Å². The van der Waals surface area contributed by atoms with Crippen LogP contribution in [0.4, 0.5) is 0 Å². The van der Waals surface area contributed by atoms with Gasteiger partial charge in [0.1, 0.15) is 11.9 Å². The van der Waals surface area contributed by atoms with Gasteiger partial charge in [0.15, 0.2) is 22.5 Å². The van der Waals surface area contributed by atoms with E-state index in [9.17, 15) is 9.90 Å². The van der Waals surface area contributed by atoms with Gasteiger partial charge in [-0.05, 0) is 31.0 Å². The summed E-state index contributed by atoms with van der Waals surface area (Å²) in [4.78, 5) is 11.3. The summed E-state index contributed by atoms with van der Waals surface area (Å²) in [5.74, 6) is 0.990. The Bertz CT molecular complexity index is 946. The van der Waals surface area contributed by atoms with Crippen LogP contribution < -0.4 is 9.47 Å². The van der Waals surface area contributed by atoms with E-state index in [0.717, 1.165) is 6.42 Å². The number of ether oxygens (including phenoxy) is 2. The van der Waals surface area contributed by atoms with Crippen molar-refractivity contribution in [3.8, 4) is 11.5 Å². The van der Waals surface area contributed by atoms with Crippen LogP contribution in [0.3, 0.4) is 0 Å². The van der Waals surface area contributed by atoms with E-state index in [0.29, 0.717) is 29.0 Å². The minimum absolute atomic E-state index is 0.199. The fourth-order valence-electron chi connectivity index (χ4n) is 2.71. The summed E-state index contributed by atoms with van der Waals surface area (Å²) in [5.41, 5.74) is 1.18. The first-order chi connectivity index (χ1) is 14.1. The number of aromatic nitrogens is 3. The van der Waals surface area contributed by atoms with E-state index >= 15 is 0 Å². The number of hydrogen-bond donors (Lipinski definition) is 1. The van der Waals surface area contributed by atoms with Crippen LogP contribution in [0.5, 0.6) is 11.5 Å². The summed E-state index contributed by atoms with van der Waals surface area (Å²) in [5, 5.41) is 17.6. The lowest BCUT2D eigenvalue weighted by molar-refractivity contribution is -0.136. The molecule has 0 radical (unpaired) electrons. The normalized spacial score (nSPS) is 11.8. The molecule has 1 unspecified atom stereocenters. The second kappa shape index (κ2) is 9.97. The van der Waals surface area contributed by atoms with E-state index in [4.69, 9.17) is 9.47 Å². The molecule has 0 aliphatic rings. The summed E-state index contributed by atoms with van der Waals surface area (Å²) >= 11 is 1.17. The molecular formula is C21H23N3O4S. The van der Waals surface area contributed by atoms with Crippen LogP contribution in [0.2, 0.25) is 0 Å². The zero-order chi connectivity index (χ0) is 20.6. The zero-order valence-corrected chi connectivity index (χ0v) is 17.1.